The minimum absolute atomic E-state index is 0.0199. The van der Waals surface area contributed by atoms with Crippen LogP contribution in [0.2, 0.25) is 5.02 Å². The molecule has 10 heteroatoms. The van der Waals surface area contributed by atoms with E-state index in [-0.39, 0.29) is 21.4 Å². The summed E-state index contributed by atoms with van der Waals surface area (Å²) in [6, 6.07) is 9.35. The van der Waals surface area contributed by atoms with Gasteiger partial charge in [0.25, 0.3) is 15.9 Å². The number of hydrogen-bond acceptors (Lipinski definition) is 5. The number of benzene rings is 2. The Kier molecular flexibility index (Phi) is 6.47. The molecule has 160 valence electrons. The summed E-state index contributed by atoms with van der Waals surface area (Å²) in [6.07, 6.45) is 1.64. The Morgan fingerprint density at radius 1 is 1.20 bits per heavy atom. The SMILES string of the molecule is CON(C)S(=O)(=O)c1cc(C(=O)Nc2ccc3c(c2)CCCN3C(C)=O)ccc1Cl. The summed E-state index contributed by atoms with van der Waals surface area (Å²) in [4.78, 5) is 30.8. The van der Waals surface area contributed by atoms with E-state index in [4.69, 9.17) is 16.4 Å². The van der Waals surface area contributed by atoms with Crippen LogP contribution in [0.4, 0.5) is 11.4 Å². The van der Waals surface area contributed by atoms with Crippen LogP contribution in [0.1, 0.15) is 29.3 Å². The number of nitrogens with zero attached hydrogens (tertiary/aromatic N) is 2. The van der Waals surface area contributed by atoms with Crippen molar-refractivity contribution in [2.75, 3.05) is 30.9 Å². The highest BCUT2D eigenvalue weighted by Gasteiger charge is 2.25. The summed E-state index contributed by atoms with van der Waals surface area (Å²) in [7, 11) is -1.57. The second-order valence-corrected chi connectivity index (χ2v) is 9.13. The zero-order chi connectivity index (χ0) is 22.1. The van der Waals surface area contributed by atoms with E-state index in [1.807, 2.05) is 6.07 Å². The number of aryl methyl sites for hydroxylation is 1. The highest BCUT2D eigenvalue weighted by molar-refractivity contribution is 7.89. The third-order valence-corrected chi connectivity index (χ3v) is 7.06. The number of carbonyl (C=O) groups is 2. The first-order valence-corrected chi connectivity index (χ1v) is 11.0. The quantitative estimate of drug-likeness (QED) is 0.705. The summed E-state index contributed by atoms with van der Waals surface area (Å²) in [6.45, 7) is 2.20. The maximum absolute atomic E-state index is 12.7. The van der Waals surface area contributed by atoms with Crippen molar-refractivity contribution in [3.8, 4) is 0 Å². The van der Waals surface area contributed by atoms with Crippen LogP contribution < -0.4 is 10.2 Å². The summed E-state index contributed by atoms with van der Waals surface area (Å²) >= 11 is 6.04. The van der Waals surface area contributed by atoms with Crippen molar-refractivity contribution in [3.05, 3.63) is 52.5 Å². The van der Waals surface area contributed by atoms with Gasteiger partial charge in [-0.15, -0.1) is 0 Å². The number of anilines is 2. The van der Waals surface area contributed by atoms with E-state index in [1.54, 1.807) is 17.0 Å². The lowest BCUT2D eigenvalue weighted by Gasteiger charge is -2.29. The van der Waals surface area contributed by atoms with Gasteiger partial charge in [0, 0.05) is 37.5 Å². The van der Waals surface area contributed by atoms with Crippen LogP contribution >= 0.6 is 11.6 Å². The van der Waals surface area contributed by atoms with Gasteiger partial charge in [0.15, 0.2) is 0 Å². The predicted molar refractivity (Wildman–Crippen MR) is 114 cm³/mol. The van der Waals surface area contributed by atoms with Crippen molar-refractivity contribution in [3.63, 3.8) is 0 Å². The first-order chi connectivity index (χ1) is 14.1. The van der Waals surface area contributed by atoms with Crippen molar-refractivity contribution in [2.24, 2.45) is 0 Å². The fourth-order valence-electron chi connectivity index (χ4n) is 3.28. The normalized spacial score (nSPS) is 13.8. The van der Waals surface area contributed by atoms with Crippen LogP contribution in [0.3, 0.4) is 0 Å². The molecular formula is C20H22ClN3O5S. The first kappa shape index (κ1) is 22.2. The van der Waals surface area contributed by atoms with Gasteiger partial charge in [-0.25, -0.2) is 8.42 Å². The molecule has 0 aromatic heterocycles. The van der Waals surface area contributed by atoms with Gasteiger partial charge in [-0.3, -0.25) is 14.4 Å². The summed E-state index contributed by atoms with van der Waals surface area (Å²) in [5.41, 5.74) is 2.49. The molecule has 2 amide bonds. The second kappa shape index (κ2) is 8.73. The lowest BCUT2D eigenvalue weighted by molar-refractivity contribution is -0.116. The predicted octanol–water partition coefficient (Wildman–Crippen LogP) is 3.07. The summed E-state index contributed by atoms with van der Waals surface area (Å²) < 4.78 is 25.7. The van der Waals surface area contributed by atoms with Crippen LogP contribution in [0.25, 0.3) is 0 Å². The fraction of sp³-hybridized carbons (Fsp3) is 0.300. The molecule has 0 bridgehead atoms. The Morgan fingerprint density at radius 2 is 1.93 bits per heavy atom. The van der Waals surface area contributed by atoms with Crippen LogP contribution in [0, 0.1) is 0 Å². The molecule has 0 saturated heterocycles. The second-order valence-electron chi connectivity index (χ2n) is 6.81. The zero-order valence-corrected chi connectivity index (χ0v) is 18.4. The van der Waals surface area contributed by atoms with E-state index < -0.39 is 15.9 Å². The van der Waals surface area contributed by atoms with Gasteiger partial charge in [-0.1, -0.05) is 16.1 Å². The van der Waals surface area contributed by atoms with Gasteiger partial charge in [0.1, 0.15) is 4.90 Å². The number of halogens is 1. The molecule has 0 fully saturated rings. The number of amides is 2. The molecule has 0 aliphatic carbocycles. The largest absolute Gasteiger partial charge is 0.322 e. The Balaban J connectivity index is 1.87. The Bertz CT molecular complexity index is 1100. The van der Waals surface area contributed by atoms with Gasteiger partial charge in [0.05, 0.1) is 12.1 Å². The molecule has 2 aromatic rings. The third kappa shape index (κ3) is 4.34. The average Bonchev–Trinajstić information content (AvgIpc) is 2.72. The Labute approximate surface area is 180 Å². The molecule has 0 unspecified atom stereocenters. The van der Waals surface area contributed by atoms with Crippen LogP contribution in [-0.2, 0) is 26.1 Å². The van der Waals surface area contributed by atoms with E-state index in [0.717, 1.165) is 24.1 Å². The van der Waals surface area contributed by atoms with E-state index in [2.05, 4.69) is 5.32 Å². The van der Waals surface area contributed by atoms with E-state index in [0.29, 0.717) is 16.7 Å². The Hall–Kier alpha value is -2.46. The topological polar surface area (TPSA) is 96.0 Å². The van der Waals surface area contributed by atoms with Crippen molar-refractivity contribution in [2.45, 2.75) is 24.7 Å². The third-order valence-electron chi connectivity index (χ3n) is 4.90. The smallest absolute Gasteiger partial charge is 0.266 e. The number of hydrogen-bond donors (Lipinski definition) is 1. The first-order valence-electron chi connectivity index (χ1n) is 9.20. The van der Waals surface area contributed by atoms with Crippen molar-refractivity contribution < 1.29 is 22.8 Å². The van der Waals surface area contributed by atoms with Crippen LogP contribution in [-0.4, -0.2) is 45.4 Å². The molecule has 0 atom stereocenters. The number of hydroxylamine groups is 1. The van der Waals surface area contributed by atoms with Gasteiger partial charge < -0.3 is 10.2 Å². The minimum Gasteiger partial charge on any atom is -0.322 e. The van der Waals surface area contributed by atoms with Crippen molar-refractivity contribution in [1.29, 1.82) is 0 Å². The van der Waals surface area contributed by atoms with E-state index in [1.165, 1.54) is 39.3 Å². The molecule has 1 aliphatic rings. The highest BCUT2D eigenvalue weighted by Crippen LogP contribution is 2.30. The molecule has 1 aliphatic heterocycles. The lowest BCUT2D eigenvalue weighted by atomic mass is 10.0. The number of carbonyl (C=O) groups excluding carboxylic acids is 2. The maximum atomic E-state index is 12.7. The monoisotopic (exact) mass is 451 g/mol. The van der Waals surface area contributed by atoms with E-state index >= 15 is 0 Å². The van der Waals surface area contributed by atoms with Crippen LogP contribution in [0.15, 0.2) is 41.3 Å². The molecule has 1 N–H and O–H groups in total. The number of nitrogens with one attached hydrogen (secondary N) is 1. The molecule has 0 saturated carbocycles. The summed E-state index contributed by atoms with van der Waals surface area (Å²) in [5.74, 6) is -0.508. The summed E-state index contributed by atoms with van der Waals surface area (Å²) in [5, 5.41) is 2.75. The molecule has 0 spiro atoms. The minimum atomic E-state index is -4.01. The van der Waals surface area contributed by atoms with Crippen molar-refractivity contribution >= 4 is 44.8 Å². The number of rotatable bonds is 5. The van der Waals surface area contributed by atoms with E-state index in [9.17, 15) is 18.0 Å². The molecule has 8 nitrogen and oxygen atoms in total. The van der Waals surface area contributed by atoms with Crippen LogP contribution in [0.5, 0.6) is 0 Å². The highest BCUT2D eigenvalue weighted by atomic mass is 35.5. The zero-order valence-electron chi connectivity index (χ0n) is 16.8. The van der Waals surface area contributed by atoms with Crippen molar-refractivity contribution in [1.82, 2.24) is 4.47 Å². The molecular weight excluding hydrogens is 430 g/mol. The van der Waals surface area contributed by atoms with Gasteiger partial charge in [-0.05, 0) is 54.8 Å². The Morgan fingerprint density at radius 3 is 2.60 bits per heavy atom. The molecule has 1 heterocycles. The number of fused-ring (bicyclic) bond motifs is 1. The van der Waals surface area contributed by atoms with Gasteiger partial charge >= 0.3 is 0 Å². The lowest BCUT2D eigenvalue weighted by Crippen LogP contribution is -2.33. The standard InChI is InChI=1S/C20H22ClN3O5S/c1-13(25)24-10-4-5-14-11-16(7-9-18(14)24)22-20(26)15-6-8-17(21)19(12-15)30(27,28)23(2)29-3/h6-9,11-12H,4-5,10H2,1-3H3,(H,22,26). The molecule has 30 heavy (non-hydrogen) atoms. The fourth-order valence-corrected chi connectivity index (χ4v) is 4.76. The molecule has 3 rings (SSSR count). The number of sulfonamides is 1. The molecule has 0 radical (unpaired) electrons. The maximum Gasteiger partial charge on any atom is 0.266 e. The molecule has 2 aromatic carbocycles. The van der Waals surface area contributed by atoms with Gasteiger partial charge in [0.2, 0.25) is 5.91 Å². The van der Waals surface area contributed by atoms with Gasteiger partial charge in [-0.2, -0.15) is 0 Å². The average molecular weight is 452 g/mol.